The van der Waals surface area contributed by atoms with Gasteiger partial charge in [0.2, 0.25) is 10.0 Å². The molecule has 1 aromatic carbocycles. The number of sulfonamides is 1. The highest BCUT2D eigenvalue weighted by atomic mass is 32.2. The zero-order chi connectivity index (χ0) is 18.5. The summed E-state index contributed by atoms with van der Waals surface area (Å²) >= 11 is 0. The van der Waals surface area contributed by atoms with Crippen molar-refractivity contribution in [1.29, 1.82) is 0 Å². The van der Waals surface area contributed by atoms with Gasteiger partial charge in [0, 0.05) is 20.1 Å². The maximum atomic E-state index is 11.4. The summed E-state index contributed by atoms with van der Waals surface area (Å²) in [6.07, 6.45) is 5.07. The third kappa shape index (κ3) is 5.71. The molecule has 4 N–H and O–H groups in total. The van der Waals surface area contributed by atoms with E-state index in [2.05, 4.69) is 29.5 Å². The van der Waals surface area contributed by atoms with Crippen molar-refractivity contribution in [3.8, 4) is 0 Å². The first-order chi connectivity index (χ1) is 11.7. The third-order valence-electron chi connectivity index (χ3n) is 4.80. The summed E-state index contributed by atoms with van der Waals surface area (Å²) < 4.78 is 22.9. The second-order valence-electron chi connectivity index (χ2n) is 7.42. The van der Waals surface area contributed by atoms with Gasteiger partial charge in [-0.05, 0) is 48.3 Å². The van der Waals surface area contributed by atoms with Crippen LogP contribution >= 0.6 is 0 Å². The van der Waals surface area contributed by atoms with Crippen LogP contribution in [0.4, 0.5) is 0 Å². The first-order valence-corrected chi connectivity index (χ1v) is 10.3. The quantitative estimate of drug-likeness (QED) is 0.509. The number of primary sulfonamides is 1. The second-order valence-corrected chi connectivity index (χ2v) is 8.98. The molecule has 0 saturated heterocycles. The smallest absolute Gasteiger partial charge is 0.238 e. The molecule has 0 spiro atoms. The minimum Gasteiger partial charge on any atom is -0.356 e. The fourth-order valence-corrected chi connectivity index (χ4v) is 4.09. The van der Waals surface area contributed by atoms with Crippen molar-refractivity contribution >= 4 is 16.0 Å². The van der Waals surface area contributed by atoms with Crippen LogP contribution in [0.15, 0.2) is 34.2 Å². The molecule has 1 fully saturated rings. The van der Waals surface area contributed by atoms with E-state index in [-0.39, 0.29) is 4.90 Å². The molecule has 0 atom stereocenters. The van der Waals surface area contributed by atoms with Crippen LogP contribution in [0.5, 0.6) is 0 Å². The van der Waals surface area contributed by atoms with Crippen LogP contribution in [0.3, 0.4) is 0 Å². The van der Waals surface area contributed by atoms with Crippen molar-refractivity contribution in [2.24, 2.45) is 21.5 Å². The van der Waals surface area contributed by atoms with Crippen molar-refractivity contribution in [2.45, 2.75) is 51.0 Å². The molecule has 0 amide bonds. The molecule has 2 rings (SSSR count). The molecule has 1 aromatic rings. The van der Waals surface area contributed by atoms with Gasteiger partial charge in [-0.2, -0.15) is 0 Å². The molecular weight excluding hydrogens is 336 g/mol. The van der Waals surface area contributed by atoms with E-state index in [9.17, 15) is 8.42 Å². The standard InChI is InChI=1S/C18H30N4O2S/c1-14(2)11-18(8-5-9-18)13-22-17(20-3)21-12-15-6-4-7-16(10-15)25(19,23)24/h4,6-7,10,14H,5,8-9,11-13H2,1-3H3,(H2,19,23,24)(H2,20,21,22). The summed E-state index contributed by atoms with van der Waals surface area (Å²) in [5, 5.41) is 11.9. The van der Waals surface area contributed by atoms with Crippen molar-refractivity contribution in [3.05, 3.63) is 29.8 Å². The molecule has 1 aliphatic rings. The Morgan fingerprint density at radius 1 is 1.32 bits per heavy atom. The van der Waals surface area contributed by atoms with Crippen molar-refractivity contribution in [3.63, 3.8) is 0 Å². The van der Waals surface area contributed by atoms with Crippen LogP contribution in [0.1, 0.15) is 45.1 Å². The lowest BCUT2D eigenvalue weighted by Gasteiger charge is -2.43. The maximum absolute atomic E-state index is 11.4. The van der Waals surface area contributed by atoms with Crippen LogP contribution in [0, 0.1) is 11.3 Å². The molecule has 1 saturated carbocycles. The zero-order valence-corrected chi connectivity index (χ0v) is 16.2. The van der Waals surface area contributed by atoms with Gasteiger partial charge in [0.05, 0.1) is 4.90 Å². The molecule has 140 valence electrons. The maximum Gasteiger partial charge on any atom is 0.238 e. The lowest BCUT2D eigenvalue weighted by Crippen LogP contribution is -2.46. The Morgan fingerprint density at radius 2 is 2.04 bits per heavy atom. The molecule has 0 bridgehead atoms. The van der Waals surface area contributed by atoms with Gasteiger partial charge in [-0.1, -0.05) is 32.4 Å². The second kappa shape index (κ2) is 8.19. The molecule has 7 heteroatoms. The van der Waals surface area contributed by atoms with E-state index in [0.29, 0.717) is 17.9 Å². The van der Waals surface area contributed by atoms with E-state index >= 15 is 0 Å². The summed E-state index contributed by atoms with van der Waals surface area (Å²) in [7, 11) is -1.94. The SMILES string of the molecule is CN=C(NCc1cccc(S(N)(=O)=O)c1)NCC1(CC(C)C)CCC1. The predicted octanol–water partition coefficient (Wildman–Crippen LogP) is 2.22. The Hall–Kier alpha value is -1.60. The minimum atomic E-state index is -3.68. The van der Waals surface area contributed by atoms with E-state index in [1.807, 2.05) is 6.07 Å². The molecule has 0 heterocycles. The predicted molar refractivity (Wildman–Crippen MR) is 102 cm³/mol. The summed E-state index contributed by atoms with van der Waals surface area (Å²) in [4.78, 5) is 4.39. The number of benzene rings is 1. The van der Waals surface area contributed by atoms with E-state index < -0.39 is 10.0 Å². The molecular formula is C18H30N4O2S. The van der Waals surface area contributed by atoms with Gasteiger partial charge in [-0.3, -0.25) is 4.99 Å². The van der Waals surface area contributed by atoms with E-state index in [0.717, 1.165) is 18.1 Å². The van der Waals surface area contributed by atoms with Gasteiger partial charge < -0.3 is 10.6 Å². The lowest BCUT2D eigenvalue weighted by atomic mass is 9.64. The van der Waals surface area contributed by atoms with Crippen LogP contribution in [-0.2, 0) is 16.6 Å². The largest absolute Gasteiger partial charge is 0.356 e. The van der Waals surface area contributed by atoms with Gasteiger partial charge in [0.15, 0.2) is 5.96 Å². The number of hydrogen-bond acceptors (Lipinski definition) is 3. The van der Waals surface area contributed by atoms with Crippen molar-refractivity contribution < 1.29 is 8.42 Å². The zero-order valence-electron chi connectivity index (χ0n) is 15.4. The molecule has 6 nitrogen and oxygen atoms in total. The highest BCUT2D eigenvalue weighted by Crippen LogP contribution is 2.45. The van der Waals surface area contributed by atoms with Crippen LogP contribution in [0.2, 0.25) is 0 Å². The summed E-state index contributed by atoms with van der Waals surface area (Å²) in [6.45, 7) is 5.94. The van der Waals surface area contributed by atoms with Crippen molar-refractivity contribution in [2.75, 3.05) is 13.6 Å². The number of nitrogens with two attached hydrogens (primary N) is 1. The average molecular weight is 367 g/mol. The first-order valence-electron chi connectivity index (χ1n) is 8.80. The molecule has 0 aromatic heterocycles. The molecule has 25 heavy (non-hydrogen) atoms. The van der Waals surface area contributed by atoms with E-state index in [1.54, 1.807) is 19.2 Å². The fraction of sp³-hybridized carbons (Fsp3) is 0.611. The number of nitrogens with one attached hydrogen (secondary N) is 2. The van der Waals surface area contributed by atoms with E-state index in [4.69, 9.17) is 5.14 Å². The van der Waals surface area contributed by atoms with Crippen molar-refractivity contribution in [1.82, 2.24) is 10.6 Å². The molecule has 1 aliphatic carbocycles. The van der Waals surface area contributed by atoms with Crippen LogP contribution in [-0.4, -0.2) is 28.0 Å². The minimum absolute atomic E-state index is 0.125. The fourth-order valence-electron chi connectivity index (χ4n) is 3.51. The number of nitrogens with zero attached hydrogens (tertiary/aromatic N) is 1. The number of rotatable bonds is 7. The first kappa shape index (κ1) is 19.7. The molecule has 0 radical (unpaired) electrons. The Labute approximate surface area is 151 Å². The monoisotopic (exact) mass is 366 g/mol. The van der Waals surface area contributed by atoms with Crippen LogP contribution in [0.25, 0.3) is 0 Å². The van der Waals surface area contributed by atoms with E-state index in [1.165, 1.54) is 31.7 Å². The summed E-state index contributed by atoms with van der Waals surface area (Å²) in [5.41, 5.74) is 1.23. The Bertz CT molecular complexity index is 710. The summed E-state index contributed by atoms with van der Waals surface area (Å²) in [5.74, 6) is 1.43. The molecule has 0 unspecified atom stereocenters. The topological polar surface area (TPSA) is 96.6 Å². The highest BCUT2D eigenvalue weighted by Gasteiger charge is 2.37. The Balaban J connectivity index is 1.91. The van der Waals surface area contributed by atoms with Gasteiger partial charge >= 0.3 is 0 Å². The molecule has 0 aliphatic heterocycles. The van der Waals surface area contributed by atoms with Gasteiger partial charge in [-0.15, -0.1) is 0 Å². The van der Waals surface area contributed by atoms with Gasteiger partial charge in [0.1, 0.15) is 0 Å². The Morgan fingerprint density at radius 3 is 2.56 bits per heavy atom. The summed E-state index contributed by atoms with van der Waals surface area (Å²) in [6, 6.07) is 6.64. The van der Waals surface area contributed by atoms with Gasteiger partial charge in [-0.25, -0.2) is 13.6 Å². The number of hydrogen-bond donors (Lipinski definition) is 3. The normalized spacial score (nSPS) is 17.2. The number of guanidine groups is 1. The van der Waals surface area contributed by atoms with Gasteiger partial charge in [0.25, 0.3) is 0 Å². The number of aliphatic imine (C=N–C) groups is 1. The van der Waals surface area contributed by atoms with Crippen LogP contribution < -0.4 is 15.8 Å². The average Bonchev–Trinajstić information content (AvgIpc) is 2.51. The lowest BCUT2D eigenvalue weighted by molar-refractivity contribution is 0.104. The highest BCUT2D eigenvalue weighted by molar-refractivity contribution is 7.89. The third-order valence-corrected chi connectivity index (χ3v) is 5.71. The Kier molecular flexibility index (Phi) is 6.46.